The molecule has 5 nitrogen and oxygen atoms in total. The maximum Gasteiger partial charge on any atom is 0.326 e. The molecule has 1 N–H and O–H groups in total. The van der Waals surface area contributed by atoms with Crippen molar-refractivity contribution in [1.29, 1.82) is 0 Å². The maximum absolute atomic E-state index is 12.5. The van der Waals surface area contributed by atoms with Crippen LogP contribution >= 0.6 is 0 Å². The Balaban J connectivity index is 1.89. The Morgan fingerprint density at radius 3 is 2.40 bits per heavy atom. The average Bonchev–Trinajstić information content (AvgIpc) is 3.14. The van der Waals surface area contributed by atoms with Gasteiger partial charge in [0.25, 0.3) is 0 Å². The van der Waals surface area contributed by atoms with Crippen LogP contribution in [0, 0.1) is 0 Å². The van der Waals surface area contributed by atoms with Gasteiger partial charge in [-0.1, -0.05) is 24.3 Å². The van der Waals surface area contributed by atoms with E-state index in [0.717, 1.165) is 22.7 Å². The van der Waals surface area contributed by atoms with Gasteiger partial charge < -0.3 is 5.11 Å². The second-order valence-electron chi connectivity index (χ2n) is 5.13. The third-order valence-electron chi connectivity index (χ3n) is 3.70. The monoisotopic (exact) mass is 293 g/mol. The van der Waals surface area contributed by atoms with Gasteiger partial charge in [-0.25, -0.2) is 8.42 Å². The lowest BCUT2D eigenvalue weighted by Crippen LogP contribution is -2.40. The first-order chi connectivity index (χ1) is 9.50. The molecule has 106 valence electrons. The van der Waals surface area contributed by atoms with E-state index in [1.165, 1.54) is 6.08 Å². The number of sulfonamides is 1. The Kier molecular flexibility index (Phi) is 3.14. The molecule has 0 amide bonds. The van der Waals surface area contributed by atoms with Crippen LogP contribution in [0.15, 0.2) is 41.3 Å². The minimum absolute atomic E-state index is 0.101. The quantitative estimate of drug-likeness (QED) is 0.855. The molecule has 20 heavy (non-hydrogen) atoms. The van der Waals surface area contributed by atoms with E-state index in [9.17, 15) is 13.2 Å². The minimum atomic E-state index is -3.76. The number of benzene rings is 1. The molecule has 1 heterocycles. The van der Waals surface area contributed by atoms with E-state index in [0.29, 0.717) is 5.92 Å². The summed E-state index contributed by atoms with van der Waals surface area (Å²) >= 11 is 0. The largest absolute Gasteiger partial charge is 0.480 e. The van der Waals surface area contributed by atoms with Crippen LogP contribution in [0.4, 0.5) is 0 Å². The first kappa shape index (κ1) is 13.3. The standard InChI is InChI=1S/C14H15NO4S/c16-14(17)13-2-1-9-15(13)20(18,19)12-7-5-11(6-8-12)10-3-4-10/h1-2,5-8,10,13H,3-4,9H2,(H,16,17). The molecule has 3 rings (SSSR count). The van der Waals surface area contributed by atoms with Crippen LogP contribution in [-0.2, 0) is 14.8 Å². The van der Waals surface area contributed by atoms with Crippen LogP contribution in [0.25, 0.3) is 0 Å². The van der Waals surface area contributed by atoms with Crippen LogP contribution in [0.1, 0.15) is 24.3 Å². The Morgan fingerprint density at radius 2 is 1.85 bits per heavy atom. The molecule has 0 bridgehead atoms. The van der Waals surface area contributed by atoms with E-state index in [-0.39, 0.29) is 11.4 Å². The first-order valence-corrected chi connectivity index (χ1v) is 7.95. The molecule has 1 fully saturated rings. The van der Waals surface area contributed by atoms with Crippen molar-refractivity contribution in [2.24, 2.45) is 0 Å². The summed E-state index contributed by atoms with van der Waals surface area (Å²) in [6.07, 6.45) is 5.28. The van der Waals surface area contributed by atoms with Crippen LogP contribution in [0.2, 0.25) is 0 Å². The van der Waals surface area contributed by atoms with Crippen molar-refractivity contribution in [2.45, 2.75) is 29.7 Å². The summed E-state index contributed by atoms with van der Waals surface area (Å²) in [4.78, 5) is 11.2. The zero-order valence-electron chi connectivity index (χ0n) is 10.8. The summed E-state index contributed by atoms with van der Waals surface area (Å²) in [5.74, 6) is -0.594. The Morgan fingerprint density at radius 1 is 1.20 bits per heavy atom. The molecule has 1 unspecified atom stereocenters. The lowest BCUT2D eigenvalue weighted by atomic mass is 10.1. The van der Waals surface area contributed by atoms with Crippen molar-refractivity contribution in [2.75, 3.05) is 6.54 Å². The van der Waals surface area contributed by atoms with Gasteiger partial charge in [0.05, 0.1) is 4.90 Å². The summed E-state index contributed by atoms with van der Waals surface area (Å²) in [6.45, 7) is 0.101. The molecule has 6 heteroatoms. The minimum Gasteiger partial charge on any atom is -0.480 e. The Labute approximate surface area is 117 Å². The van der Waals surface area contributed by atoms with Gasteiger partial charge in [-0.3, -0.25) is 4.79 Å². The molecule has 0 aromatic heterocycles. The molecule has 0 saturated heterocycles. The summed E-state index contributed by atoms with van der Waals surface area (Å²) < 4.78 is 25.9. The van der Waals surface area contributed by atoms with Crippen LogP contribution < -0.4 is 0 Å². The van der Waals surface area contributed by atoms with Crippen LogP contribution in [-0.4, -0.2) is 36.4 Å². The van der Waals surface area contributed by atoms with E-state index in [2.05, 4.69) is 0 Å². The highest BCUT2D eigenvalue weighted by atomic mass is 32.2. The molecular formula is C14H15NO4S. The molecule has 2 aliphatic rings. The summed E-state index contributed by atoms with van der Waals surface area (Å²) in [7, 11) is -3.76. The number of aliphatic carboxylic acids is 1. The number of carbonyl (C=O) groups is 1. The molecular weight excluding hydrogens is 278 g/mol. The third-order valence-corrected chi connectivity index (χ3v) is 5.56. The number of rotatable bonds is 4. The van der Waals surface area contributed by atoms with E-state index < -0.39 is 22.0 Å². The summed E-state index contributed by atoms with van der Waals surface area (Å²) in [5.41, 5.74) is 1.15. The predicted octanol–water partition coefficient (Wildman–Crippen LogP) is 1.58. The molecule has 1 aromatic rings. The fourth-order valence-corrected chi connectivity index (χ4v) is 3.91. The fraction of sp³-hybridized carbons (Fsp3) is 0.357. The van der Waals surface area contributed by atoms with Gasteiger partial charge in [0.2, 0.25) is 10.0 Å². The van der Waals surface area contributed by atoms with Crippen molar-refractivity contribution in [3.8, 4) is 0 Å². The molecule has 1 aromatic carbocycles. The van der Waals surface area contributed by atoms with Gasteiger partial charge in [-0.2, -0.15) is 4.31 Å². The van der Waals surface area contributed by atoms with Crippen LogP contribution in [0.5, 0.6) is 0 Å². The number of carboxylic acid groups (broad SMARTS) is 1. The molecule has 0 spiro atoms. The maximum atomic E-state index is 12.5. The van der Waals surface area contributed by atoms with Crippen molar-refractivity contribution < 1.29 is 18.3 Å². The van der Waals surface area contributed by atoms with Crippen LogP contribution in [0.3, 0.4) is 0 Å². The Hall–Kier alpha value is -1.66. The van der Waals surface area contributed by atoms with Gasteiger partial charge >= 0.3 is 5.97 Å². The van der Waals surface area contributed by atoms with Gasteiger partial charge in [0.1, 0.15) is 6.04 Å². The van der Waals surface area contributed by atoms with Crippen molar-refractivity contribution >= 4 is 16.0 Å². The number of carboxylic acids is 1. The van der Waals surface area contributed by atoms with Gasteiger partial charge in [-0.05, 0) is 36.5 Å². The molecule has 1 saturated carbocycles. The predicted molar refractivity (Wildman–Crippen MR) is 72.9 cm³/mol. The highest BCUT2D eigenvalue weighted by Gasteiger charge is 2.36. The smallest absolute Gasteiger partial charge is 0.326 e. The topological polar surface area (TPSA) is 74.7 Å². The highest BCUT2D eigenvalue weighted by Crippen LogP contribution is 2.40. The summed E-state index contributed by atoms with van der Waals surface area (Å²) in [6, 6.07) is 5.68. The normalized spacial score (nSPS) is 23.1. The molecule has 0 radical (unpaired) electrons. The molecule has 1 aliphatic heterocycles. The van der Waals surface area contributed by atoms with Gasteiger partial charge in [0, 0.05) is 6.54 Å². The lowest BCUT2D eigenvalue weighted by Gasteiger charge is -2.21. The summed E-state index contributed by atoms with van der Waals surface area (Å²) in [5, 5.41) is 9.06. The number of nitrogens with zero attached hydrogens (tertiary/aromatic N) is 1. The van der Waals surface area contributed by atoms with E-state index >= 15 is 0 Å². The van der Waals surface area contributed by atoms with Gasteiger partial charge in [-0.15, -0.1) is 0 Å². The lowest BCUT2D eigenvalue weighted by molar-refractivity contribution is -0.139. The average molecular weight is 293 g/mol. The van der Waals surface area contributed by atoms with E-state index in [1.807, 2.05) is 12.1 Å². The molecule has 1 atom stereocenters. The first-order valence-electron chi connectivity index (χ1n) is 6.51. The van der Waals surface area contributed by atoms with Gasteiger partial charge in [0.15, 0.2) is 0 Å². The van der Waals surface area contributed by atoms with Crippen molar-refractivity contribution in [3.05, 3.63) is 42.0 Å². The fourth-order valence-electron chi connectivity index (χ4n) is 2.42. The van der Waals surface area contributed by atoms with E-state index in [4.69, 9.17) is 5.11 Å². The SMILES string of the molecule is O=C(O)C1C=CCN1S(=O)(=O)c1ccc(C2CC2)cc1. The van der Waals surface area contributed by atoms with E-state index in [1.54, 1.807) is 18.2 Å². The Bertz CT molecular complexity index is 659. The zero-order valence-corrected chi connectivity index (χ0v) is 11.6. The second-order valence-corrected chi connectivity index (χ2v) is 7.02. The second kappa shape index (κ2) is 4.71. The van der Waals surface area contributed by atoms with Crippen molar-refractivity contribution in [1.82, 2.24) is 4.31 Å². The molecule has 1 aliphatic carbocycles. The number of hydrogen-bond acceptors (Lipinski definition) is 3. The highest BCUT2D eigenvalue weighted by molar-refractivity contribution is 7.89. The van der Waals surface area contributed by atoms with Crippen molar-refractivity contribution in [3.63, 3.8) is 0 Å². The zero-order chi connectivity index (χ0) is 14.3. The third kappa shape index (κ3) is 2.25. The number of hydrogen-bond donors (Lipinski definition) is 1.